The van der Waals surface area contributed by atoms with Crippen molar-refractivity contribution in [2.24, 2.45) is 0 Å². The molecule has 5 heteroatoms. The number of halogens is 1. The molecule has 2 atom stereocenters. The third-order valence-electron chi connectivity index (χ3n) is 4.01. The van der Waals surface area contributed by atoms with Crippen molar-refractivity contribution in [3.05, 3.63) is 88.8 Å². The predicted octanol–water partition coefficient (Wildman–Crippen LogP) is 3.72. The fourth-order valence-electron chi connectivity index (χ4n) is 2.66. The van der Waals surface area contributed by atoms with E-state index in [-0.39, 0.29) is 18.0 Å². The molecule has 0 aliphatic rings. The van der Waals surface area contributed by atoms with Crippen LogP contribution in [0.5, 0.6) is 0 Å². The number of nitrogens with two attached hydrogens (primary N) is 1. The monoisotopic (exact) mass is 399 g/mol. The molecule has 0 aliphatic heterocycles. The molecule has 3 rings (SSSR count). The molecule has 1 amide bonds. The smallest absolute Gasteiger partial charge is 0.282 e. The summed E-state index contributed by atoms with van der Waals surface area (Å²) in [4.78, 5) is 12.5. The van der Waals surface area contributed by atoms with E-state index in [9.17, 15) is 4.79 Å². The Morgan fingerprint density at radius 2 is 1.76 bits per heavy atom. The zero-order valence-electron chi connectivity index (χ0n) is 13.9. The van der Waals surface area contributed by atoms with Gasteiger partial charge in [-0.1, -0.05) is 46.3 Å². The Bertz CT molecular complexity index is 801. The molecule has 3 aromatic rings. The molecule has 4 nitrogen and oxygen atoms in total. The van der Waals surface area contributed by atoms with Gasteiger partial charge in [-0.2, -0.15) is 0 Å². The van der Waals surface area contributed by atoms with Gasteiger partial charge in [-0.25, -0.2) is 0 Å². The second-order valence-electron chi connectivity index (χ2n) is 5.88. The third-order valence-corrected chi connectivity index (χ3v) is 4.54. The quantitative estimate of drug-likeness (QED) is 0.663. The number of hydrogen-bond donors (Lipinski definition) is 2. The highest BCUT2D eigenvalue weighted by molar-refractivity contribution is 9.10. The number of hydrogen-bond acceptors (Lipinski definition) is 2. The second-order valence-corrected chi connectivity index (χ2v) is 6.80. The number of anilines is 1. The Hall–Kier alpha value is -2.37. The number of rotatable bonds is 6. The minimum absolute atomic E-state index is 0.0465. The number of carbonyl (C=O) groups excluding carboxylic acids is 1. The predicted molar refractivity (Wildman–Crippen MR) is 101 cm³/mol. The standard InChI is InChI=1S/C20H19BrN2O2/c1-14(20(24)23-17-11-9-16(21)10-12-17)22-19(18-8-5-13-25-18)15-6-3-2-4-7-15/h2-14,19,22H,1H3,(H,23,24)/p+1/t14-,19+/m1/s1. The summed E-state index contributed by atoms with van der Waals surface area (Å²) in [5.41, 5.74) is 1.88. The van der Waals surface area contributed by atoms with E-state index >= 15 is 0 Å². The molecule has 2 aromatic carbocycles. The van der Waals surface area contributed by atoms with Gasteiger partial charge >= 0.3 is 0 Å². The lowest BCUT2D eigenvalue weighted by Gasteiger charge is -2.18. The molecule has 0 unspecified atom stereocenters. The van der Waals surface area contributed by atoms with Crippen molar-refractivity contribution < 1.29 is 14.5 Å². The largest absolute Gasteiger partial charge is 0.463 e. The van der Waals surface area contributed by atoms with Crippen molar-refractivity contribution >= 4 is 27.5 Å². The maximum Gasteiger partial charge on any atom is 0.282 e. The van der Waals surface area contributed by atoms with Crippen LogP contribution >= 0.6 is 15.9 Å². The minimum Gasteiger partial charge on any atom is -0.463 e. The second kappa shape index (κ2) is 8.14. The van der Waals surface area contributed by atoms with Gasteiger partial charge in [0.25, 0.3) is 5.91 Å². The highest BCUT2D eigenvalue weighted by Gasteiger charge is 2.26. The van der Waals surface area contributed by atoms with E-state index in [4.69, 9.17) is 4.42 Å². The molecular weight excluding hydrogens is 380 g/mol. The Morgan fingerprint density at radius 3 is 2.40 bits per heavy atom. The summed E-state index contributed by atoms with van der Waals surface area (Å²) in [7, 11) is 0. The summed E-state index contributed by atoms with van der Waals surface area (Å²) in [5.74, 6) is 0.782. The van der Waals surface area contributed by atoms with Crippen LogP contribution < -0.4 is 10.6 Å². The highest BCUT2D eigenvalue weighted by atomic mass is 79.9. The number of amides is 1. The zero-order chi connectivity index (χ0) is 17.6. The van der Waals surface area contributed by atoms with E-state index in [0.29, 0.717) is 0 Å². The minimum atomic E-state index is -0.279. The molecule has 0 spiro atoms. The van der Waals surface area contributed by atoms with Crippen LogP contribution in [0.2, 0.25) is 0 Å². The Morgan fingerprint density at radius 1 is 1.04 bits per heavy atom. The molecule has 0 aliphatic carbocycles. The molecule has 25 heavy (non-hydrogen) atoms. The highest BCUT2D eigenvalue weighted by Crippen LogP contribution is 2.19. The lowest BCUT2D eigenvalue weighted by atomic mass is 10.0. The van der Waals surface area contributed by atoms with E-state index in [1.165, 1.54) is 0 Å². The first-order valence-corrected chi connectivity index (χ1v) is 8.92. The van der Waals surface area contributed by atoms with Gasteiger partial charge in [-0.15, -0.1) is 0 Å². The Balaban J connectivity index is 1.72. The summed E-state index contributed by atoms with van der Waals surface area (Å²) >= 11 is 3.39. The zero-order valence-corrected chi connectivity index (χ0v) is 15.4. The topological polar surface area (TPSA) is 58.9 Å². The molecule has 0 radical (unpaired) electrons. The molecule has 1 aromatic heterocycles. The van der Waals surface area contributed by atoms with Crippen molar-refractivity contribution in [2.45, 2.75) is 19.0 Å². The van der Waals surface area contributed by atoms with Gasteiger partial charge < -0.3 is 15.1 Å². The van der Waals surface area contributed by atoms with Gasteiger partial charge in [0.1, 0.15) is 0 Å². The van der Waals surface area contributed by atoms with Gasteiger partial charge in [0.05, 0.1) is 6.26 Å². The number of nitrogens with one attached hydrogen (secondary N) is 1. The number of furan rings is 1. The van der Waals surface area contributed by atoms with E-state index in [2.05, 4.69) is 21.2 Å². The first kappa shape index (κ1) is 17.5. The van der Waals surface area contributed by atoms with Crippen LogP contribution in [0.25, 0.3) is 0 Å². The Labute approximate surface area is 155 Å². The van der Waals surface area contributed by atoms with Crippen LogP contribution in [0.15, 0.2) is 81.9 Å². The number of carbonyl (C=O) groups is 1. The summed E-state index contributed by atoms with van der Waals surface area (Å²) in [6.07, 6.45) is 1.66. The molecule has 3 N–H and O–H groups in total. The molecule has 0 fully saturated rings. The van der Waals surface area contributed by atoms with Crippen molar-refractivity contribution in [2.75, 3.05) is 5.32 Å². The lowest BCUT2D eigenvalue weighted by Crippen LogP contribution is -2.92. The first-order chi connectivity index (χ1) is 12.1. The van der Waals surface area contributed by atoms with Crippen molar-refractivity contribution in [3.63, 3.8) is 0 Å². The summed E-state index contributed by atoms with van der Waals surface area (Å²) < 4.78 is 6.57. The average Bonchev–Trinajstić information content (AvgIpc) is 3.16. The van der Waals surface area contributed by atoms with E-state index < -0.39 is 0 Å². The van der Waals surface area contributed by atoms with E-state index in [1.807, 2.05) is 79.0 Å². The van der Waals surface area contributed by atoms with Crippen molar-refractivity contribution in [1.82, 2.24) is 0 Å². The molecule has 0 saturated carbocycles. The maximum atomic E-state index is 12.5. The maximum absolute atomic E-state index is 12.5. The Kier molecular flexibility index (Phi) is 5.68. The van der Waals surface area contributed by atoms with Crippen LogP contribution in [0, 0.1) is 0 Å². The molecule has 128 valence electrons. The summed E-state index contributed by atoms with van der Waals surface area (Å²) in [6, 6.07) is 21.1. The lowest BCUT2D eigenvalue weighted by molar-refractivity contribution is -0.706. The summed E-state index contributed by atoms with van der Waals surface area (Å²) in [6.45, 7) is 1.90. The first-order valence-electron chi connectivity index (χ1n) is 8.13. The summed E-state index contributed by atoms with van der Waals surface area (Å²) in [5, 5.41) is 4.97. The van der Waals surface area contributed by atoms with Crippen molar-refractivity contribution in [1.29, 1.82) is 0 Å². The fourth-order valence-corrected chi connectivity index (χ4v) is 2.93. The van der Waals surface area contributed by atoms with E-state index in [0.717, 1.165) is 21.5 Å². The van der Waals surface area contributed by atoms with Crippen LogP contribution in [0.1, 0.15) is 24.3 Å². The molecule has 0 saturated heterocycles. The van der Waals surface area contributed by atoms with Crippen LogP contribution in [-0.4, -0.2) is 11.9 Å². The SMILES string of the molecule is C[C@@H]([NH2+][C@@H](c1ccccc1)c1ccco1)C(=O)Nc1ccc(Br)cc1. The van der Waals surface area contributed by atoms with Gasteiger partial charge in [0.2, 0.25) is 0 Å². The van der Waals surface area contributed by atoms with Gasteiger partial charge in [0, 0.05) is 15.7 Å². The van der Waals surface area contributed by atoms with E-state index in [1.54, 1.807) is 6.26 Å². The van der Waals surface area contributed by atoms with Crippen LogP contribution in [0.3, 0.4) is 0 Å². The van der Waals surface area contributed by atoms with Crippen LogP contribution in [0.4, 0.5) is 5.69 Å². The van der Waals surface area contributed by atoms with Crippen molar-refractivity contribution in [3.8, 4) is 0 Å². The van der Waals surface area contributed by atoms with Gasteiger partial charge in [0.15, 0.2) is 17.8 Å². The van der Waals surface area contributed by atoms with Crippen LogP contribution in [-0.2, 0) is 4.79 Å². The number of quaternary nitrogens is 1. The molecule has 1 heterocycles. The fraction of sp³-hybridized carbons (Fsp3) is 0.150. The molecular formula is C20H20BrN2O2+. The van der Waals surface area contributed by atoms with Gasteiger partial charge in [-0.3, -0.25) is 4.79 Å². The number of benzene rings is 2. The third kappa shape index (κ3) is 4.59. The van der Waals surface area contributed by atoms with Gasteiger partial charge in [-0.05, 0) is 43.3 Å². The molecule has 0 bridgehead atoms. The average molecular weight is 400 g/mol. The normalized spacial score (nSPS) is 13.2.